The number of hydrogen-bond acceptors (Lipinski definition) is 5. The third-order valence-electron chi connectivity index (χ3n) is 4.80. The second kappa shape index (κ2) is 8.47. The maximum atomic E-state index is 6.33. The molecular weight excluding hydrogens is 332 g/mol. The average Bonchev–Trinajstić information content (AvgIpc) is 3.04. The Bertz CT molecular complexity index is 439. The van der Waals surface area contributed by atoms with Gasteiger partial charge in [0, 0.05) is 19.4 Å². The summed E-state index contributed by atoms with van der Waals surface area (Å²) in [6, 6.07) is 0. The number of ether oxygens (including phenoxy) is 5. The zero-order chi connectivity index (χ0) is 17.8. The highest BCUT2D eigenvalue weighted by Gasteiger charge is 2.51. The third kappa shape index (κ3) is 5.16. The fourth-order valence-electron chi connectivity index (χ4n) is 3.36. The summed E-state index contributed by atoms with van der Waals surface area (Å²) < 4.78 is 29.1. The Kier molecular flexibility index (Phi) is 7.11. The minimum absolute atomic E-state index is 0.0105. The van der Waals surface area contributed by atoms with Gasteiger partial charge in [-0.1, -0.05) is 11.6 Å². The number of hydrogen-bond donors (Lipinski definition) is 0. The Morgan fingerprint density at radius 2 is 2.04 bits per heavy atom. The first-order valence-electron chi connectivity index (χ1n) is 8.61. The van der Waals surface area contributed by atoms with Gasteiger partial charge in [0.15, 0.2) is 5.79 Å². The summed E-state index contributed by atoms with van der Waals surface area (Å²) in [5.74, 6) is -0.00463. The second-order valence-electron chi connectivity index (χ2n) is 7.34. The van der Waals surface area contributed by atoms with Gasteiger partial charge in [-0.2, -0.15) is 0 Å². The van der Waals surface area contributed by atoms with Crippen LogP contribution in [0.1, 0.15) is 47.0 Å². The van der Waals surface area contributed by atoms with Gasteiger partial charge in [-0.3, -0.25) is 0 Å². The van der Waals surface area contributed by atoms with Crippen molar-refractivity contribution in [1.82, 2.24) is 0 Å². The van der Waals surface area contributed by atoms with Gasteiger partial charge in [-0.25, -0.2) is 0 Å². The Balaban J connectivity index is 2.01. The third-order valence-corrected chi connectivity index (χ3v) is 4.96. The van der Waals surface area contributed by atoms with Crippen molar-refractivity contribution in [2.24, 2.45) is 0 Å². The molecule has 0 amide bonds. The molecule has 0 aromatic rings. The molecule has 2 heterocycles. The fraction of sp³-hybridized carbons (Fsp3) is 0.889. The van der Waals surface area contributed by atoms with Crippen LogP contribution >= 0.6 is 11.6 Å². The van der Waals surface area contributed by atoms with Gasteiger partial charge < -0.3 is 23.7 Å². The summed E-state index contributed by atoms with van der Waals surface area (Å²) in [5.41, 5.74) is 0.880. The van der Waals surface area contributed by atoms with Gasteiger partial charge in [0.1, 0.15) is 12.9 Å². The van der Waals surface area contributed by atoms with Crippen LogP contribution in [0, 0.1) is 0 Å². The summed E-state index contributed by atoms with van der Waals surface area (Å²) in [5, 5.41) is 0. The molecule has 5 nitrogen and oxygen atoms in total. The van der Waals surface area contributed by atoms with E-state index < -0.39 is 11.4 Å². The highest BCUT2D eigenvalue weighted by Crippen LogP contribution is 2.40. The molecule has 4 atom stereocenters. The van der Waals surface area contributed by atoms with E-state index in [1.165, 1.54) is 5.57 Å². The number of alkyl halides is 1. The summed E-state index contributed by atoms with van der Waals surface area (Å²) in [6.45, 7) is 8.86. The predicted octanol–water partition coefficient (Wildman–Crippen LogP) is 3.64. The molecule has 0 radical (unpaired) electrons. The molecule has 2 saturated heterocycles. The van der Waals surface area contributed by atoms with Crippen LogP contribution in [0.5, 0.6) is 0 Å². The van der Waals surface area contributed by atoms with Crippen molar-refractivity contribution in [3.63, 3.8) is 0 Å². The van der Waals surface area contributed by atoms with Crippen molar-refractivity contribution in [1.29, 1.82) is 0 Å². The molecule has 6 heteroatoms. The molecule has 2 aliphatic rings. The van der Waals surface area contributed by atoms with E-state index in [0.29, 0.717) is 12.5 Å². The van der Waals surface area contributed by atoms with Gasteiger partial charge in [0.25, 0.3) is 0 Å². The van der Waals surface area contributed by atoms with Crippen LogP contribution in [-0.2, 0) is 23.7 Å². The van der Waals surface area contributed by atoms with Crippen molar-refractivity contribution in [3.05, 3.63) is 11.6 Å². The van der Waals surface area contributed by atoms with E-state index in [0.717, 1.165) is 19.3 Å². The minimum atomic E-state index is -0.546. The average molecular weight is 363 g/mol. The van der Waals surface area contributed by atoms with Crippen molar-refractivity contribution < 1.29 is 23.7 Å². The second-order valence-corrected chi connectivity index (χ2v) is 7.65. The van der Waals surface area contributed by atoms with Crippen LogP contribution in [0.4, 0.5) is 0 Å². The maximum Gasteiger partial charge on any atom is 0.163 e. The molecule has 24 heavy (non-hydrogen) atoms. The Labute approximate surface area is 150 Å². The van der Waals surface area contributed by atoms with Gasteiger partial charge >= 0.3 is 0 Å². The molecule has 0 saturated carbocycles. The summed E-state index contributed by atoms with van der Waals surface area (Å²) in [7, 11) is 1.63. The van der Waals surface area contributed by atoms with E-state index in [1.807, 2.05) is 19.9 Å². The SMILES string of the molecule is COCO[C@]1(C)C[C@@H]([C@H]2COC(C)(C)O2)O[C@H]1CC/C(C)=C/CCl. The molecule has 2 aliphatic heterocycles. The molecule has 0 spiro atoms. The van der Waals surface area contributed by atoms with E-state index >= 15 is 0 Å². The fourth-order valence-corrected chi connectivity index (χ4v) is 3.63. The molecule has 0 aliphatic carbocycles. The number of halogens is 1. The molecular formula is C18H31ClO5. The molecule has 2 rings (SSSR count). The van der Waals surface area contributed by atoms with Crippen LogP contribution in [0.15, 0.2) is 11.6 Å². The van der Waals surface area contributed by atoms with E-state index in [-0.39, 0.29) is 25.1 Å². The van der Waals surface area contributed by atoms with E-state index in [1.54, 1.807) is 7.11 Å². The van der Waals surface area contributed by atoms with Crippen LogP contribution in [0.2, 0.25) is 0 Å². The lowest BCUT2D eigenvalue weighted by Crippen LogP contribution is -2.38. The molecule has 0 unspecified atom stereocenters. The van der Waals surface area contributed by atoms with Gasteiger partial charge in [0.05, 0.1) is 24.4 Å². The monoisotopic (exact) mass is 362 g/mol. The van der Waals surface area contributed by atoms with E-state index in [9.17, 15) is 0 Å². The normalized spacial score (nSPS) is 36.4. The summed E-state index contributed by atoms with van der Waals surface area (Å²) in [6.07, 6.45) is 4.52. The largest absolute Gasteiger partial charge is 0.369 e. The van der Waals surface area contributed by atoms with Crippen molar-refractivity contribution in [3.8, 4) is 0 Å². The quantitative estimate of drug-likeness (QED) is 0.375. The van der Waals surface area contributed by atoms with Gasteiger partial charge in [0.2, 0.25) is 0 Å². The van der Waals surface area contributed by atoms with E-state index in [4.69, 9.17) is 35.3 Å². The Morgan fingerprint density at radius 1 is 1.29 bits per heavy atom. The maximum absolute atomic E-state index is 6.33. The molecule has 0 aromatic carbocycles. The first-order valence-corrected chi connectivity index (χ1v) is 9.15. The molecule has 140 valence electrons. The van der Waals surface area contributed by atoms with Crippen molar-refractivity contribution in [2.75, 3.05) is 26.4 Å². The molecule has 0 N–H and O–H groups in total. The van der Waals surface area contributed by atoms with Crippen LogP contribution in [0.25, 0.3) is 0 Å². The van der Waals surface area contributed by atoms with Crippen molar-refractivity contribution in [2.45, 2.75) is 76.7 Å². The topological polar surface area (TPSA) is 46.2 Å². The molecule has 2 fully saturated rings. The smallest absolute Gasteiger partial charge is 0.163 e. The predicted molar refractivity (Wildman–Crippen MR) is 93.3 cm³/mol. The van der Waals surface area contributed by atoms with Crippen molar-refractivity contribution >= 4 is 11.6 Å². The van der Waals surface area contributed by atoms with Crippen LogP contribution < -0.4 is 0 Å². The highest BCUT2D eigenvalue weighted by atomic mass is 35.5. The highest BCUT2D eigenvalue weighted by molar-refractivity contribution is 6.18. The lowest BCUT2D eigenvalue weighted by molar-refractivity contribution is -0.160. The molecule has 0 bridgehead atoms. The van der Waals surface area contributed by atoms with Crippen LogP contribution in [-0.4, -0.2) is 56.1 Å². The lowest BCUT2D eigenvalue weighted by atomic mass is 9.90. The number of rotatable bonds is 8. The summed E-state index contributed by atoms with van der Waals surface area (Å²) >= 11 is 5.77. The van der Waals surface area contributed by atoms with E-state index in [2.05, 4.69) is 13.8 Å². The summed E-state index contributed by atoms with van der Waals surface area (Å²) in [4.78, 5) is 0. The standard InChI is InChI=1S/C18H31ClO5/c1-13(8-9-19)6-7-16-18(4,22-12-20-5)10-14(23-16)15-11-21-17(2,3)24-15/h8,14-16H,6-7,9-12H2,1-5H3/b13-8+/t14-,15+,16-,18+/m0/s1. The Hall–Kier alpha value is -0.170. The van der Waals surface area contributed by atoms with Gasteiger partial charge in [-0.05, 0) is 40.5 Å². The number of methoxy groups -OCH3 is 1. The first kappa shape index (κ1) is 20.1. The zero-order valence-electron chi connectivity index (χ0n) is 15.5. The molecule has 0 aromatic heterocycles. The number of allylic oxidation sites excluding steroid dienone is 2. The van der Waals surface area contributed by atoms with Crippen LogP contribution in [0.3, 0.4) is 0 Å². The minimum Gasteiger partial charge on any atom is -0.369 e. The Morgan fingerprint density at radius 3 is 2.62 bits per heavy atom. The van der Waals surface area contributed by atoms with Gasteiger partial charge in [-0.15, -0.1) is 11.6 Å². The lowest BCUT2D eigenvalue weighted by Gasteiger charge is -2.29. The zero-order valence-corrected chi connectivity index (χ0v) is 16.2. The first-order chi connectivity index (χ1) is 11.3.